The van der Waals surface area contributed by atoms with Crippen LogP contribution in [0, 0.1) is 0 Å². The highest BCUT2D eigenvalue weighted by atomic mass is 35.5. The molecule has 3 aromatic carbocycles. The van der Waals surface area contributed by atoms with E-state index in [0.29, 0.717) is 35.2 Å². The van der Waals surface area contributed by atoms with E-state index in [9.17, 15) is 27.9 Å². The fraction of sp³-hybridized carbons (Fsp3) is 0.207. The van der Waals surface area contributed by atoms with Crippen molar-refractivity contribution in [1.29, 1.82) is 0 Å². The van der Waals surface area contributed by atoms with Gasteiger partial charge < -0.3 is 19.7 Å². The Balaban J connectivity index is 1.35. The average molecular weight is 615 g/mol. The maximum atomic E-state index is 13.2. The number of hydrogen-bond acceptors (Lipinski definition) is 6. The van der Waals surface area contributed by atoms with E-state index in [1.807, 2.05) is 18.2 Å². The molecule has 1 aliphatic rings. The number of fused-ring (bicyclic) bond motifs is 2. The molecule has 212 valence electrons. The highest BCUT2D eigenvalue weighted by Gasteiger charge is 2.30. The van der Waals surface area contributed by atoms with Gasteiger partial charge in [-0.25, -0.2) is 13.2 Å². The summed E-state index contributed by atoms with van der Waals surface area (Å²) in [6.07, 6.45) is 1.23. The van der Waals surface area contributed by atoms with Gasteiger partial charge in [-0.15, -0.1) is 0 Å². The average Bonchev–Trinajstić information content (AvgIpc) is 3.36. The number of rotatable bonds is 7. The van der Waals surface area contributed by atoms with Gasteiger partial charge in [-0.1, -0.05) is 53.5 Å². The van der Waals surface area contributed by atoms with Crippen LogP contribution < -0.4 is 5.32 Å². The summed E-state index contributed by atoms with van der Waals surface area (Å²) in [6.45, 7) is 0.515. The van der Waals surface area contributed by atoms with E-state index in [1.54, 1.807) is 29.2 Å². The molecule has 0 unspecified atom stereocenters. The smallest absolute Gasteiger partial charge is 0.326 e. The minimum absolute atomic E-state index is 0.00694. The Kier molecular flexibility index (Phi) is 7.83. The lowest BCUT2D eigenvalue weighted by molar-refractivity contribution is -0.139. The monoisotopic (exact) mass is 614 g/mol. The fourth-order valence-electron chi connectivity index (χ4n) is 4.85. The minimum atomic E-state index is -3.50. The third-order valence-corrected chi connectivity index (χ3v) is 8.75. The van der Waals surface area contributed by atoms with E-state index in [-0.39, 0.29) is 45.1 Å². The summed E-state index contributed by atoms with van der Waals surface area (Å²) in [5, 5.41) is 13.1. The van der Waals surface area contributed by atoms with Crippen molar-refractivity contribution in [2.24, 2.45) is 0 Å². The summed E-state index contributed by atoms with van der Waals surface area (Å²) in [4.78, 5) is 40.0. The molecule has 0 saturated heterocycles. The SMILES string of the molecule is CS(=O)(=O)c1cccc(C[C@H](NC(=O)c2c(Cl)cc3c(c2Cl)CCN(C(=O)c2cc4ccccc4o2)C3)C(=O)O)c1. The molecule has 9 nitrogen and oxygen atoms in total. The zero-order valence-electron chi connectivity index (χ0n) is 21.7. The molecular formula is C29H24Cl2N2O7S. The highest BCUT2D eigenvalue weighted by Crippen LogP contribution is 2.35. The van der Waals surface area contributed by atoms with Crippen molar-refractivity contribution in [1.82, 2.24) is 10.2 Å². The second-order valence-corrected chi connectivity index (χ2v) is 12.6. The Morgan fingerprint density at radius 1 is 1.07 bits per heavy atom. The van der Waals surface area contributed by atoms with Crippen molar-refractivity contribution in [2.45, 2.75) is 30.3 Å². The summed E-state index contributed by atoms with van der Waals surface area (Å²) in [5.74, 6) is -2.17. The number of furan rings is 1. The van der Waals surface area contributed by atoms with Gasteiger partial charge in [-0.3, -0.25) is 9.59 Å². The van der Waals surface area contributed by atoms with E-state index in [0.717, 1.165) is 11.6 Å². The van der Waals surface area contributed by atoms with Crippen LogP contribution in [-0.4, -0.2) is 55.1 Å². The number of carboxylic acids is 1. The van der Waals surface area contributed by atoms with E-state index in [4.69, 9.17) is 27.6 Å². The summed E-state index contributed by atoms with van der Waals surface area (Å²) in [7, 11) is -3.50. The van der Waals surface area contributed by atoms with Gasteiger partial charge in [0.25, 0.3) is 11.8 Å². The largest absolute Gasteiger partial charge is 0.480 e. The predicted octanol–water partition coefficient (Wildman–Crippen LogP) is 4.77. The number of benzene rings is 3. The number of carbonyl (C=O) groups excluding carboxylic acids is 2. The van der Waals surface area contributed by atoms with Gasteiger partial charge in [0.05, 0.1) is 20.5 Å². The lowest BCUT2D eigenvalue weighted by Crippen LogP contribution is -2.42. The predicted molar refractivity (Wildman–Crippen MR) is 153 cm³/mol. The lowest BCUT2D eigenvalue weighted by atomic mass is 9.96. The minimum Gasteiger partial charge on any atom is -0.480 e. The normalized spacial score (nSPS) is 14.0. The first kappa shape index (κ1) is 28.7. The Hall–Kier alpha value is -3.86. The first-order valence-corrected chi connectivity index (χ1v) is 15.2. The number of nitrogens with one attached hydrogen (secondary N) is 1. The Morgan fingerprint density at radius 2 is 1.83 bits per heavy atom. The van der Waals surface area contributed by atoms with Crippen molar-refractivity contribution >= 4 is 61.8 Å². The standard InChI is InChI=1S/C29H24Cl2N2O7S/c1-41(38,39)19-7-4-5-16(11-19)12-22(29(36)37)32-27(34)25-21(30)13-18-15-33(10-9-20(18)26(25)31)28(35)24-14-17-6-2-3-8-23(17)40-24/h2-8,11,13-14,22H,9-10,12,15H2,1H3,(H,32,34)(H,36,37)/t22-/m0/s1. The van der Waals surface area contributed by atoms with Gasteiger partial charge >= 0.3 is 5.97 Å². The van der Waals surface area contributed by atoms with Crippen LogP contribution in [0.15, 0.2) is 70.0 Å². The number of carboxylic acid groups (broad SMARTS) is 1. The number of para-hydroxylation sites is 1. The number of carbonyl (C=O) groups is 3. The van der Waals surface area contributed by atoms with E-state index in [2.05, 4.69) is 5.32 Å². The van der Waals surface area contributed by atoms with Crippen LogP contribution in [0.1, 0.15) is 37.6 Å². The molecule has 0 saturated carbocycles. The van der Waals surface area contributed by atoms with Gasteiger partial charge in [0, 0.05) is 31.2 Å². The fourth-order valence-corrected chi connectivity index (χ4v) is 6.30. The highest BCUT2D eigenvalue weighted by molar-refractivity contribution is 7.90. The molecule has 4 aromatic rings. The quantitative estimate of drug-likeness (QED) is 0.306. The summed E-state index contributed by atoms with van der Waals surface area (Å²) in [5.41, 5.74) is 2.26. The molecule has 1 atom stereocenters. The second-order valence-electron chi connectivity index (χ2n) is 9.80. The van der Waals surface area contributed by atoms with Gasteiger partial charge in [0.15, 0.2) is 15.6 Å². The maximum Gasteiger partial charge on any atom is 0.326 e. The molecular weight excluding hydrogens is 591 g/mol. The van der Waals surface area contributed by atoms with Crippen LogP contribution in [0.4, 0.5) is 0 Å². The van der Waals surface area contributed by atoms with E-state index < -0.39 is 27.8 Å². The van der Waals surface area contributed by atoms with Gasteiger partial charge in [0.1, 0.15) is 11.6 Å². The Bertz CT molecular complexity index is 1780. The molecule has 5 rings (SSSR count). The lowest BCUT2D eigenvalue weighted by Gasteiger charge is -2.30. The zero-order chi connectivity index (χ0) is 29.5. The van der Waals surface area contributed by atoms with Crippen LogP contribution in [-0.2, 0) is 34.0 Å². The third-order valence-electron chi connectivity index (χ3n) is 6.93. The van der Waals surface area contributed by atoms with Crippen LogP contribution >= 0.6 is 23.2 Å². The van der Waals surface area contributed by atoms with Gasteiger partial charge in [-0.05, 0) is 53.4 Å². The zero-order valence-corrected chi connectivity index (χ0v) is 24.0. The molecule has 12 heteroatoms. The number of aliphatic carboxylic acids is 1. The van der Waals surface area contributed by atoms with Crippen LogP contribution in [0.25, 0.3) is 11.0 Å². The molecule has 0 bridgehead atoms. The van der Waals surface area contributed by atoms with Crippen molar-refractivity contribution < 1.29 is 32.3 Å². The Labute approximate surface area is 245 Å². The molecule has 1 aliphatic heterocycles. The van der Waals surface area contributed by atoms with E-state index in [1.165, 1.54) is 18.2 Å². The van der Waals surface area contributed by atoms with Crippen LogP contribution in [0.5, 0.6) is 0 Å². The molecule has 1 aromatic heterocycles. The topological polar surface area (TPSA) is 134 Å². The molecule has 0 spiro atoms. The number of amides is 2. The first-order valence-electron chi connectivity index (χ1n) is 12.5. The number of sulfone groups is 1. The molecule has 2 N–H and O–H groups in total. The summed E-state index contributed by atoms with van der Waals surface area (Å²) < 4.78 is 29.5. The summed E-state index contributed by atoms with van der Waals surface area (Å²) in [6, 6.07) is 15.1. The third kappa shape index (κ3) is 5.95. The number of hydrogen-bond donors (Lipinski definition) is 2. The molecule has 41 heavy (non-hydrogen) atoms. The maximum absolute atomic E-state index is 13.2. The van der Waals surface area contributed by atoms with Crippen molar-refractivity contribution in [3.05, 3.63) is 98.7 Å². The molecule has 2 amide bonds. The van der Waals surface area contributed by atoms with Crippen LogP contribution in [0.3, 0.4) is 0 Å². The molecule has 0 fully saturated rings. The number of nitrogens with zero attached hydrogens (tertiary/aromatic N) is 1. The number of halogens is 2. The van der Waals surface area contributed by atoms with Crippen molar-refractivity contribution in [3.8, 4) is 0 Å². The summed E-state index contributed by atoms with van der Waals surface area (Å²) >= 11 is 13.1. The Morgan fingerprint density at radius 3 is 2.54 bits per heavy atom. The first-order chi connectivity index (χ1) is 19.4. The molecule has 2 heterocycles. The van der Waals surface area contributed by atoms with E-state index >= 15 is 0 Å². The van der Waals surface area contributed by atoms with Gasteiger partial charge in [-0.2, -0.15) is 0 Å². The van der Waals surface area contributed by atoms with Crippen molar-refractivity contribution in [3.63, 3.8) is 0 Å². The molecule has 0 radical (unpaired) electrons. The van der Waals surface area contributed by atoms with Crippen LogP contribution in [0.2, 0.25) is 10.0 Å². The molecule has 0 aliphatic carbocycles. The second kappa shape index (κ2) is 11.2. The van der Waals surface area contributed by atoms with Crippen molar-refractivity contribution in [2.75, 3.05) is 12.8 Å². The van der Waals surface area contributed by atoms with Gasteiger partial charge in [0.2, 0.25) is 0 Å².